The summed E-state index contributed by atoms with van der Waals surface area (Å²) in [5, 5.41) is 11.4. The van der Waals surface area contributed by atoms with Gasteiger partial charge >= 0.3 is 18.2 Å². The lowest BCUT2D eigenvalue weighted by Crippen LogP contribution is -2.37. The molecule has 2 aromatic carbocycles. The zero-order chi connectivity index (χ0) is 32.1. The average Bonchev–Trinajstić information content (AvgIpc) is 2.91. The zero-order valence-corrected chi connectivity index (χ0v) is 24.7. The minimum atomic E-state index is -4.90. The topological polar surface area (TPSA) is 108 Å². The third-order valence-electron chi connectivity index (χ3n) is 5.53. The number of alkyl halides is 3. The number of nitrogens with zero attached hydrogens (tertiary/aromatic N) is 2. The third-order valence-corrected chi connectivity index (χ3v) is 5.53. The van der Waals surface area contributed by atoms with Crippen molar-refractivity contribution in [2.75, 3.05) is 13.7 Å². The van der Waals surface area contributed by atoms with Crippen LogP contribution in [0.1, 0.15) is 77.0 Å². The molecular formula is C29H38F4N2O7. The Morgan fingerprint density at radius 3 is 2.24 bits per heavy atom. The van der Waals surface area contributed by atoms with E-state index in [4.69, 9.17) is 9.47 Å². The number of nitro groups is 1. The van der Waals surface area contributed by atoms with Crippen molar-refractivity contribution in [3.8, 4) is 5.75 Å². The third kappa shape index (κ3) is 12.3. The minimum absolute atomic E-state index is 0.0210. The van der Waals surface area contributed by atoms with Crippen LogP contribution in [0, 0.1) is 15.9 Å². The van der Waals surface area contributed by atoms with Crippen molar-refractivity contribution < 1.29 is 46.3 Å². The summed E-state index contributed by atoms with van der Waals surface area (Å²) in [5.41, 5.74) is -2.33. The number of rotatable bonds is 12. The highest BCUT2D eigenvalue weighted by atomic mass is 19.4. The van der Waals surface area contributed by atoms with E-state index in [1.165, 1.54) is 24.1 Å². The summed E-state index contributed by atoms with van der Waals surface area (Å²) in [7, 11) is 1.29. The van der Waals surface area contributed by atoms with Gasteiger partial charge in [0.05, 0.1) is 24.1 Å². The van der Waals surface area contributed by atoms with Crippen molar-refractivity contribution in [1.82, 2.24) is 4.90 Å². The Bertz CT molecular complexity index is 1200. The summed E-state index contributed by atoms with van der Waals surface area (Å²) in [4.78, 5) is 36.4. The largest absolute Gasteiger partial charge is 0.489 e. The Labute approximate surface area is 242 Å². The number of carbonyl (C=O) groups excluding carboxylic acids is 2. The number of ether oxygens (including phenoxy) is 3. The Morgan fingerprint density at radius 1 is 1.00 bits per heavy atom. The van der Waals surface area contributed by atoms with E-state index in [0.717, 1.165) is 12.1 Å². The maximum Gasteiger partial charge on any atom is 0.419 e. The van der Waals surface area contributed by atoms with Gasteiger partial charge in [0.15, 0.2) is 0 Å². The minimum Gasteiger partial charge on any atom is -0.489 e. The van der Waals surface area contributed by atoms with Crippen molar-refractivity contribution >= 4 is 17.7 Å². The second-order valence-corrected chi connectivity index (χ2v) is 9.94. The van der Waals surface area contributed by atoms with E-state index in [0.29, 0.717) is 31.4 Å². The average molecular weight is 603 g/mol. The van der Waals surface area contributed by atoms with E-state index in [-0.39, 0.29) is 48.0 Å². The lowest BCUT2D eigenvalue weighted by Gasteiger charge is -2.28. The van der Waals surface area contributed by atoms with Gasteiger partial charge in [-0.2, -0.15) is 13.2 Å². The second kappa shape index (κ2) is 16.5. The predicted octanol–water partition coefficient (Wildman–Crippen LogP) is 7.83. The SMILES string of the molecule is CC.COC(=O)CCCCCN(Cc1cc([N+](=O)[O-])ccc1OCc1ccc(F)c(C(F)(F)F)c1)C(=O)OC(C)(C)C. The predicted molar refractivity (Wildman–Crippen MR) is 147 cm³/mol. The number of unbranched alkanes of at least 4 members (excludes halogenated alkanes) is 2. The first-order valence-electron chi connectivity index (χ1n) is 13.4. The maximum absolute atomic E-state index is 13.7. The molecule has 0 fully saturated rings. The molecule has 0 saturated heterocycles. The van der Waals surface area contributed by atoms with Gasteiger partial charge in [0.1, 0.15) is 23.8 Å². The zero-order valence-electron chi connectivity index (χ0n) is 24.7. The number of amides is 1. The number of halogens is 4. The van der Waals surface area contributed by atoms with Gasteiger partial charge in [-0.15, -0.1) is 0 Å². The molecule has 42 heavy (non-hydrogen) atoms. The molecule has 0 bridgehead atoms. The second-order valence-electron chi connectivity index (χ2n) is 9.94. The highest BCUT2D eigenvalue weighted by Gasteiger charge is 2.34. The van der Waals surface area contributed by atoms with Crippen molar-refractivity contribution in [3.05, 3.63) is 69.0 Å². The summed E-state index contributed by atoms with van der Waals surface area (Å²) in [6, 6.07) is 6.09. The summed E-state index contributed by atoms with van der Waals surface area (Å²) < 4.78 is 68.8. The number of esters is 1. The number of methoxy groups -OCH3 is 1. The van der Waals surface area contributed by atoms with Crippen LogP contribution < -0.4 is 4.74 Å². The van der Waals surface area contributed by atoms with Crippen LogP contribution in [0.3, 0.4) is 0 Å². The van der Waals surface area contributed by atoms with Crippen LogP contribution in [-0.4, -0.2) is 41.1 Å². The van der Waals surface area contributed by atoms with Gasteiger partial charge in [0, 0.05) is 30.7 Å². The molecule has 0 saturated carbocycles. The van der Waals surface area contributed by atoms with Crippen LogP contribution >= 0.6 is 0 Å². The summed E-state index contributed by atoms with van der Waals surface area (Å²) >= 11 is 0. The van der Waals surface area contributed by atoms with Gasteiger partial charge < -0.3 is 19.1 Å². The Morgan fingerprint density at radius 2 is 1.67 bits per heavy atom. The molecule has 234 valence electrons. The molecule has 0 spiro atoms. The highest BCUT2D eigenvalue weighted by molar-refractivity contribution is 5.69. The molecule has 0 aliphatic rings. The van der Waals surface area contributed by atoms with E-state index in [1.54, 1.807) is 20.8 Å². The van der Waals surface area contributed by atoms with Crippen molar-refractivity contribution in [3.63, 3.8) is 0 Å². The molecule has 0 atom stereocenters. The molecule has 2 rings (SSSR count). The first-order valence-corrected chi connectivity index (χ1v) is 13.4. The van der Waals surface area contributed by atoms with Gasteiger partial charge in [-0.05, 0) is 57.4 Å². The molecule has 1 amide bonds. The van der Waals surface area contributed by atoms with Crippen molar-refractivity contribution in [2.45, 2.75) is 85.2 Å². The standard InChI is InChI=1S/C27H32F4N2O7.C2H6/c1-26(2,3)40-25(35)32(13-7-5-6-8-24(34)38-4)16-19-15-20(33(36)37)10-12-23(19)39-17-18-9-11-22(28)21(14-18)27(29,30)31;1-2/h9-12,14-15H,5-8,13,16-17H2,1-4H3;1-2H3. The normalized spacial score (nSPS) is 11.2. The quantitative estimate of drug-likeness (QED) is 0.0801. The number of nitro benzene ring substituents is 1. The van der Waals surface area contributed by atoms with Gasteiger partial charge in [-0.1, -0.05) is 26.3 Å². The highest BCUT2D eigenvalue weighted by Crippen LogP contribution is 2.33. The molecule has 0 heterocycles. The number of non-ortho nitro benzene ring substituents is 1. The molecule has 9 nitrogen and oxygen atoms in total. The summed E-state index contributed by atoms with van der Waals surface area (Å²) in [6.45, 7) is 8.66. The van der Waals surface area contributed by atoms with Crippen molar-refractivity contribution in [2.24, 2.45) is 0 Å². The Balaban J connectivity index is 0.00000431. The number of hydrogen-bond donors (Lipinski definition) is 0. The maximum atomic E-state index is 13.7. The van der Waals surface area contributed by atoms with Crippen LogP contribution in [-0.2, 0) is 33.6 Å². The van der Waals surface area contributed by atoms with Gasteiger partial charge in [0.2, 0.25) is 0 Å². The van der Waals surface area contributed by atoms with Crippen LogP contribution in [0.25, 0.3) is 0 Å². The fourth-order valence-corrected chi connectivity index (χ4v) is 3.60. The monoisotopic (exact) mass is 602 g/mol. The van der Waals surface area contributed by atoms with E-state index in [2.05, 4.69) is 4.74 Å². The number of carbonyl (C=O) groups is 2. The van der Waals surface area contributed by atoms with E-state index in [9.17, 15) is 37.3 Å². The molecular weight excluding hydrogens is 564 g/mol. The van der Waals surface area contributed by atoms with E-state index >= 15 is 0 Å². The van der Waals surface area contributed by atoms with Gasteiger partial charge in [0.25, 0.3) is 5.69 Å². The number of hydrogen-bond acceptors (Lipinski definition) is 7. The lowest BCUT2D eigenvalue weighted by atomic mass is 10.1. The summed E-state index contributed by atoms with van der Waals surface area (Å²) in [5.74, 6) is -1.69. The molecule has 0 radical (unpaired) electrons. The first-order chi connectivity index (χ1) is 19.6. The molecule has 0 N–H and O–H groups in total. The molecule has 2 aromatic rings. The molecule has 13 heteroatoms. The van der Waals surface area contributed by atoms with Crippen molar-refractivity contribution in [1.29, 1.82) is 0 Å². The molecule has 0 unspecified atom stereocenters. The summed E-state index contributed by atoms with van der Waals surface area (Å²) in [6.07, 6.45) is -3.78. The fourth-order valence-electron chi connectivity index (χ4n) is 3.60. The lowest BCUT2D eigenvalue weighted by molar-refractivity contribution is -0.385. The van der Waals surface area contributed by atoms with E-state index in [1.807, 2.05) is 13.8 Å². The molecule has 0 aliphatic carbocycles. The van der Waals surface area contributed by atoms with Gasteiger partial charge in [-0.25, -0.2) is 9.18 Å². The Hall–Kier alpha value is -3.90. The first kappa shape index (κ1) is 36.1. The number of benzene rings is 2. The molecule has 0 aromatic heterocycles. The van der Waals surface area contributed by atoms with Gasteiger partial charge in [-0.3, -0.25) is 14.9 Å². The smallest absolute Gasteiger partial charge is 0.419 e. The van der Waals surface area contributed by atoms with E-state index < -0.39 is 40.8 Å². The van der Waals surface area contributed by atoms with Crippen LogP contribution in [0.5, 0.6) is 5.75 Å². The van der Waals surface area contributed by atoms with Crippen LogP contribution in [0.15, 0.2) is 36.4 Å². The Kier molecular flexibility index (Phi) is 14.2. The van der Waals surface area contributed by atoms with Crippen LogP contribution in [0.4, 0.5) is 28.0 Å². The molecule has 0 aliphatic heterocycles. The fraction of sp³-hybridized carbons (Fsp3) is 0.517. The van der Waals surface area contributed by atoms with Crippen LogP contribution in [0.2, 0.25) is 0 Å².